The van der Waals surface area contributed by atoms with Crippen molar-refractivity contribution in [1.82, 2.24) is 10.3 Å². The standard InChI is InChI=1S/C19H15N3O2S2/c23-16-9-5-4-8-13(16)15-10-14(12-6-2-1-3-7-12)21-22(15)11-17-18(25)20-19(24)26-17/h1-9,11,15,23H,10H2,(H,20,24,25)/b17-11-. The maximum atomic E-state index is 11.6. The van der Waals surface area contributed by atoms with Gasteiger partial charge in [0.1, 0.15) is 10.7 Å². The average molecular weight is 381 g/mol. The minimum atomic E-state index is -0.188. The lowest BCUT2D eigenvalue weighted by molar-refractivity contribution is 0.265. The van der Waals surface area contributed by atoms with Crippen molar-refractivity contribution in [1.29, 1.82) is 0 Å². The molecule has 0 bridgehead atoms. The fraction of sp³-hybridized carbons (Fsp3) is 0.105. The number of hydrogen-bond donors (Lipinski definition) is 2. The van der Waals surface area contributed by atoms with E-state index in [1.54, 1.807) is 23.3 Å². The molecular formula is C19H15N3O2S2. The van der Waals surface area contributed by atoms with E-state index in [9.17, 15) is 9.90 Å². The van der Waals surface area contributed by atoms with Gasteiger partial charge in [-0.2, -0.15) is 5.10 Å². The lowest BCUT2D eigenvalue weighted by Gasteiger charge is -2.21. The zero-order valence-electron chi connectivity index (χ0n) is 13.6. The molecule has 7 heteroatoms. The number of phenols is 1. The van der Waals surface area contributed by atoms with Crippen LogP contribution >= 0.6 is 24.0 Å². The van der Waals surface area contributed by atoms with E-state index < -0.39 is 0 Å². The molecule has 2 aromatic carbocycles. The molecule has 0 saturated carbocycles. The fourth-order valence-corrected chi connectivity index (χ4v) is 4.00. The summed E-state index contributed by atoms with van der Waals surface area (Å²) in [6.07, 6.45) is 2.42. The van der Waals surface area contributed by atoms with E-state index in [2.05, 4.69) is 5.32 Å². The third kappa shape index (κ3) is 3.23. The Hall–Kier alpha value is -2.64. The first-order valence-electron chi connectivity index (χ1n) is 8.06. The van der Waals surface area contributed by atoms with Crippen molar-refractivity contribution >= 4 is 39.9 Å². The second-order valence-electron chi connectivity index (χ2n) is 5.91. The minimum absolute atomic E-state index is 0.169. The largest absolute Gasteiger partial charge is 0.508 e. The Morgan fingerprint density at radius 3 is 2.62 bits per heavy atom. The van der Waals surface area contributed by atoms with Crippen molar-refractivity contribution in [2.75, 3.05) is 0 Å². The molecule has 0 aliphatic carbocycles. The van der Waals surface area contributed by atoms with E-state index in [1.165, 1.54) is 0 Å². The quantitative estimate of drug-likeness (QED) is 0.617. The second kappa shape index (κ2) is 6.93. The second-order valence-corrected chi connectivity index (χ2v) is 7.33. The summed E-state index contributed by atoms with van der Waals surface area (Å²) in [7, 11) is 0. The number of rotatable bonds is 3. The van der Waals surface area contributed by atoms with Crippen molar-refractivity contribution < 1.29 is 9.90 Å². The zero-order valence-corrected chi connectivity index (χ0v) is 15.3. The predicted molar refractivity (Wildman–Crippen MR) is 107 cm³/mol. The molecule has 0 spiro atoms. The summed E-state index contributed by atoms with van der Waals surface area (Å²) in [5.74, 6) is 0.223. The minimum Gasteiger partial charge on any atom is -0.508 e. The SMILES string of the molecule is O=C1NC(=S)/C(=C/N2N=C(c3ccccc3)CC2c2ccccc2O)S1. The molecule has 2 aliphatic rings. The Labute approximate surface area is 160 Å². The summed E-state index contributed by atoms with van der Waals surface area (Å²) >= 11 is 6.27. The Kier molecular flexibility index (Phi) is 4.48. The molecule has 2 aromatic rings. The van der Waals surface area contributed by atoms with Crippen molar-refractivity contribution in [3.8, 4) is 5.75 Å². The number of nitrogens with zero attached hydrogens (tertiary/aromatic N) is 2. The number of thiocarbonyl (C=S) groups is 1. The van der Waals surface area contributed by atoms with Gasteiger partial charge in [0.05, 0.1) is 16.7 Å². The smallest absolute Gasteiger partial charge is 0.289 e. The Morgan fingerprint density at radius 2 is 1.92 bits per heavy atom. The van der Waals surface area contributed by atoms with Crippen LogP contribution in [0.25, 0.3) is 0 Å². The number of hydrazone groups is 1. The average Bonchev–Trinajstić information content (AvgIpc) is 3.19. The van der Waals surface area contributed by atoms with Gasteiger partial charge >= 0.3 is 0 Å². The molecule has 1 atom stereocenters. The number of para-hydroxylation sites is 1. The molecule has 1 unspecified atom stereocenters. The van der Waals surface area contributed by atoms with Crippen molar-refractivity contribution in [2.24, 2.45) is 5.10 Å². The van der Waals surface area contributed by atoms with Crippen molar-refractivity contribution in [3.63, 3.8) is 0 Å². The highest BCUT2D eigenvalue weighted by atomic mass is 32.2. The van der Waals surface area contributed by atoms with E-state index in [4.69, 9.17) is 17.3 Å². The van der Waals surface area contributed by atoms with Gasteiger partial charge in [0.15, 0.2) is 0 Å². The number of carbonyl (C=O) groups excluding carboxylic acids is 1. The van der Waals surface area contributed by atoms with Crippen LogP contribution < -0.4 is 5.32 Å². The lowest BCUT2D eigenvalue weighted by atomic mass is 9.98. The van der Waals surface area contributed by atoms with Gasteiger partial charge in [-0.25, -0.2) is 0 Å². The number of carbonyl (C=O) groups is 1. The van der Waals surface area contributed by atoms with Crippen molar-refractivity contribution in [3.05, 3.63) is 76.8 Å². The molecule has 4 rings (SSSR count). The number of amides is 1. The number of benzene rings is 2. The van der Waals surface area contributed by atoms with Gasteiger partial charge in [0, 0.05) is 18.2 Å². The molecule has 26 heavy (non-hydrogen) atoms. The van der Waals surface area contributed by atoms with E-state index in [-0.39, 0.29) is 17.0 Å². The van der Waals surface area contributed by atoms with E-state index in [0.29, 0.717) is 16.3 Å². The topological polar surface area (TPSA) is 64.9 Å². The van der Waals surface area contributed by atoms with Crippen LogP contribution in [0.4, 0.5) is 4.79 Å². The first-order chi connectivity index (χ1) is 12.6. The molecule has 5 nitrogen and oxygen atoms in total. The normalized spacial score (nSPS) is 21.2. The van der Waals surface area contributed by atoms with Crippen LogP contribution in [0.5, 0.6) is 5.75 Å². The lowest BCUT2D eigenvalue weighted by Crippen LogP contribution is -2.18. The maximum absolute atomic E-state index is 11.6. The maximum Gasteiger partial charge on any atom is 0.289 e. The number of hydrogen-bond acceptors (Lipinski definition) is 6. The van der Waals surface area contributed by atoms with Crippen LogP contribution in [0.2, 0.25) is 0 Å². The summed E-state index contributed by atoms with van der Waals surface area (Å²) in [4.78, 5) is 12.6. The molecular weight excluding hydrogens is 366 g/mol. The molecule has 2 aliphatic heterocycles. The highest BCUT2D eigenvalue weighted by Gasteiger charge is 2.31. The van der Waals surface area contributed by atoms with E-state index in [1.807, 2.05) is 42.5 Å². The Balaban J connectivity index is 1.74. The van der Waals surface area contributed by atoms with Crippen LogP contribution in [0.1, 0.15) is 23.6 Å². The van der Waals surface area contributed by atoms with Crippen LogP contribution in [-0.4, -0.2) is 26.1 Å². The molecule has 0 aromatic heterocycles. The Bertz CT molecular complexity index is 941. The zero-order chi connectivity index (χ0) is 18.1. The monoisotopic (exact) mass is 381 g/mol. The van der Waals surface area contributed by atoms with Crippen molar-refractivity contribution in [2.45, 2.75) is 12.5 Å². The first-order valence-corrected chi connectivity index (χ1v) is 9.28. The summed E-state index contributed by atoms with van der Waals surface area (Å²) in [5.41, 5.74) is 2.74. The molecule has 1 saturated heterocycles. The van der Waals surface area contributed by atoms with Gasteiger partial charge in [-0.15, -0.1) is 0 Å². The molecule has 2 heterocycles. The van der Waals surface area contributed by atoms with Crippen LogP contribution in [-0.2, 0) is 0 Å². The summed E-state index contributed by atoms with van der Waals surface area (Å²) in [6.45, 7) is 0. The van der Waals surface area contributed by atoms with E-state index >= 15 is 0 Å². The number of nitrogens with one attached hydrogen (secondary N) is 1. The summed E-state index contributed by atoms with van der Waals surface area (Å²) in [5, 5.41) is 19.2. The highest BCUT2D eigenvalue weighted by molar-refractivity contribution is 8.19. The van der Waals surface area contributed by atoms with Crippen LogP contribution in [0, 0.1) is 0 Å². The van der Waals surface area contributed by atoms with Gasteiger partial charge in [-0.3, -0.25) is 9.80 Å². The van der Waals surface area contributed by atoms with Crippen LogP contribution in [0.3, 0.4) is 0 Å². The molecule has 2 N–H and O–H groups in total. The van der Waals surface area contributed by atoms with Gasteiger partial charge < -0.3 is 10.4 Å². The predicted octanol–water partition coefficient (Wildman–Crippen LogP) is 4.17. The molecule has 1 amide bonds. The highest BCUT2D eigenvalue weighted by Crippen LogP contribution is 2.38. The first kappa shape index (κ1) is 16.8. The fourth-order valence-electron chi connectivity index (χ4n) is 3.00. The van der Waals surface area contributed by atoms with Gasteiger partial charge in [0.2, 0.25) is 0 Å². The van der Waals surface area contributed by atoms with Crippen LogP contribution in [0.15, 0.2) is 70.8 Å². The number of aromatic hydroxyl groups is 1. The van der Waals surface area contributed by atoms with Gasteiger partial charge in [-0.1, -0.05) is 60.7 Å². The van der Waals surface area contributed by atoms with Gasteiger partial charge in [-0.05, 0) is 23.4 Å². The van der Waals surface area contributed by atoms with E-state index in [0.717, 1.165) is 28.6 Å². The van der Waals surface area contributed by atoms with Gasteiger partial charge in [0.25, 0.3) is 5.24 Å². The molecule has 1 fully saturated rings. The Morgan fingerprint density at radius 1 is 1.19 bits per heavy atom. The molecule has 0 radical (unpaired) electrons. The third-order valence-corrected chi connectivity index (χ3v) is 5.50. The summed E-state index contributed by atoms with van der Waals surface area (Å²) < 4.78 is 0. The number of thioether (sulfide) groups is 1. The summed E-state index contributed by atoms with van der Waals surface area (Å²) in [6, 6.07) is 17.0. The number of phenolic OH excluding ortho intramolecular Hbond substituents is 1. The third-order valence-electron chi connectivity index (χ3n) is 4.24. The molecule has 130 valence electrons.